The number of aryl methyl sites for hydroxylation is 1. The van der Waals surface area contributed by atoms with Gasteiger partial charge in [0.2, 0.25) is 0 Å². The van der Waals surface area contributed by atoms with Crippen LogP contribution in [0.15, 0.2) is 24.4 Å². The summed E-state index contributed by atoms with van der Waals surface area (Å²) in [6.07, 6.45) is 1.71. The van der Waals surface area contributed by atoms with E-state index in [9.17, 15) is 0 Å². The Morgan fingerprint density at radius 1 is 1.36 bits per heavy atom. The van der Waals surface area contributed by atoms with Crippen LogP contribution in [-0.2, 0) is 0 Å². The van der Waals surface area contributed by atoms with E-state index in [-0.39, 0.29) is 0 Å². The van der Waals surface area contributed by atoms with Crippen molar-refractivity contribution in [1.82, 2.24) is 4.98 Å². The number of aromatic nitrogens is 1. The molecule has 72 valence electrons. The molecule has 0 saturated heterocycles. The minimum atomic E-state index is 0.559. The van der Waals surface area contributed by atoms with Gasteiger partial charge in [-0.1, -0.05) is 11.6 Å². The highest BCUT2D eigenvalue weighted by molar-refractivity contribution is 7.19. The van der Waals surface area contributed by atoms with E-state index < -0.39 is 0 Å². The van der Waals surface area contributed by atoms with Crippen molar-refractivity contribution in [2.24, 2.45) is 0 Å². The first-order valence-electron chi connectivity index (χ1n) is 4.15. The van der Waals surface area contributed by atoms with Gasteiger partial charge in [-0.2, -0.15) is 0 Å². The molecule has 0 radical (unpaired) electrons. The molecule has 0 saturated carbocycles. The fraction of sp³-hybridized carbons (Fsp3) is 0.100. The maximum atomic E-state index is 5.87. The third-order valence-corrected chi connectivity index (χ3v) is 3.26. The summed E-state index contributed by atoms with van der Waals surface area (Å²) in [5.74, 6) is 0.559. The molecule has 2 aromatic heterocycles. The molecule has 0 aliphatic heterocycles. The van der Waals surface area contributed by atoms with E-state index in [1.54, 1.807) is 6.20 Å². The number of pyridine rings is 1. The Morgan fingerprint density at radius 3 is 2.71 bits per heavy atom. The lowest BCUT2D eigenvalue weighted by Crippen LogP contribution is -1.94. The normalized spacial score (nSPS) is 10.4. The van der Waals surface area contributed by atoms with Crippen molar-refractivity contribution in [3.63, 3.8) is 0 Å². The fourth-order valence-corrected chi connectivity index (χ4v) is 2.51. The monoisotopic (exact) mass is 224 g/mol. The molecule has 2 N–H and O–H groups in total. The summed E-state index contributed by atoms with van der Waals surface area (Å²) in [4.78, 5) is 5.13. The largest absolute Gasteiger partial charge is 0.383 e. The third-order valence-electron chi connectivity index (χ3n) is 2.01. The quantitative estimate of drug-likeness (QED) is 0.807. The predicted molar refractivity (Wildman–Crippen MR) is 61.7 cm³/mol. The second-order valence-electron chi connectivity index (χ2n) is 2.99. The first-order chi connectivity index (χ1) is 6.68. The molecule has 0 aliphatic carbocycles. The summed E-state index contributed by atoms with van der Waals surface area (Å²) in [5, 5.41) is 0. The van der Waals surface area contributed by atoms with E-state index >= 15 is 0 Å². The van der Waals surface area contributed by atoms with Crippen LogP contribution in [0.5, 0.6) is 0 Å². The molecule has 0 fully saturated rings. The van der Waals surface area contributed by atoms with E-state index in [1.165, 1.54) is 11.3 Å². The molecule has 2 aromatic rings. The molecule has 0 bridgehead atoms. The SMILES string of the molecule is Cc1ccnc(N)c1-c1ccc(Cl)s1. The number of anilines is 1. The van der Waals surface area contributed by atoms with Crippen molar-refractivity contribution >= 4 is 28.8 Å². The summed E-state index contributed by atoms with van der Waals surface area (Å²) >= 11 is 7.39. The highest BCUT2D eigenvalue weighted by atomic mass is 35.5. The van der Waals surface area contributed by atoms with Crippen LogP contribution in [0.2, 0.25) is 4.34 Å². The Morgan fingerprint density at radius 2 is 2.14 bits per heavy atom. The zero-order valence-corrected chi connectivity index (χ0v) is 9.19. The Labute approximate surface area is 91.4 Å². The summed E-state index contributed by atoms with van der Waals surface area (Å²) in [6.45, 7) is 2.01. The van der Waals surface area contributed by atoms with Crippen molar-refractivity contribution in [1.29, 1.82) is 0 Å². The average Bonchev–Trinajstić information content (AvgIpc) is 2.51. The van der Waals surface area contributed by atoms with Crippen LogP contribution in [0.3, 0.4) is 0 Å². The number of nitrogen functional groups attached to an aromatic ring is 1. The predicted octanol–water partition coefficient (Wildman–Crippen LogP) is 3.35. The minimum Gasteiger partial charge on any atom is -0.383 e. The summed E-state index contributed by atoms with van der Waals surface area (Å²) in [7, 11) is 0. The first kappa shape index (κ1) is 9.49. The van der Waals surface area contributed by atoms with Crippen LogP contribution in [-0.4, -0.2) is 4.98 Å². The average molecular weight is 225 g/mol. The molecule has 0 atom stereocenters. The first-order valence-corrected chi connectivity index (χ1v) is 5.34. The molecule has 0 amide bonds. The van der Waals surface area contributed by atoms with E-state index in [2.05, 4.69) is 4.98 Å². The number of thiophene rings is 1. The molecule has 0 aromatic carbocycles. The summed E-state index contributed by atoms with van der Waals surface area (Å²) < 4.78 is 0.766. The topological polar surface area (TPSA) is 38.9 Å². The lowest BCUT2D eigenvalue weighted by molar-refractivity contribution is 1.30. The second-order valence-corrected chi connectivity index (χ2v) is 4.71. The van der Waals surface area contributed by atoms with Crippen LogP contribution in [0.1, 0.15) is 5.56 Å². The van der Waals surface area contributed by atoms with Gasteiger partial charge < -0.3 is 5.73 Å². The molecule has 0 aliphatic rings. The Hall–Kier alpha value is -1.06. The number of hydrogen-bond donors (Lipinski definition) is 1. The van der Waals surface area contributed by atoms with Crippen molar-refractivity contribution in [2.45, 2.75) is 6.92 Å². The smallest absolute Gasteiger partial charge is 0.132 e. The number of hydrogen-bond acceptors (Lipinski definition) is 3. The summed E-state index contributed by atoms with van der Waals surface area (Å²) in [5.41, 5.74) is 7.93. The van der Waals surface area contributed by atoms with Gasteiger partial charge in [0, 0.05) is 16.6 Å². The van der Waals surface area contributed by atoms with Gasteiger partial charge in [-0.3, -0.25) is 0 Å². The van der Waals surface area contributed by atoms with Crippen LogP contribution < -0.4 is 5.73 Å². The lowest BCUT2D eigenvalue weighted by Gasteiger charge is -2.04. The Bertz CT molecular complexity index is 445. The van der Waals surface area contributed by atoms with Gasteiger partial charge in [-0.25, -0.2) is 4.98 Å². The van der Waals surface area contributed by atoms with Crippen LogP contribution in [0, 0.1) is 6.92 Å². The highest BCUT2D eigenvalue weighted by Crippen LogP contribution is 2.35. The van der Waals surface area contributed by atoms with Crippen molar-refractivity contribution in [3.8, 4) is 10.4 Å². The van der Waals surface area contributed by atoms with Crippen LogP contribution in [0.25, 0.3) is 10.4 Å². The molecular formula is C10H9ClN2S. The molecule has 2 heterocycles. The number of halogens is 1. The molecule has 0 spiro atoms. The maximum absolute atomic E-state index is 5.87. The van der Waals surface area contributed by atoms with Gasteiger partial charge >= 0.3 is 0 Å². The maximum Gasteiger partial charge on any atom is 0.132 e. The zero-order valence-electron chi connectivity index (χ0n) is 7.62. The Kier molecular flexibility index (Phi) is 2.44. The van der Waals surface area contributed by atoms with Crippen molar-refractivity contribution in [2.75, 3.05) is 5.73 Å². The number of rotatable bonds is 1. The second kappa shape index (κ2) is 3.59. The number of nitrogens with two attached hydrogens (primary N) is 1. The molecule has 2 rings (SSSR count). The van der Waals surface area contributed by atoms with Gasteiger partial charge in [0.15, 0.2) is 0 Å². The molecular weight excluding hydrogens is 216 g/mol. The number of nitrogens with zero attached hydrogens (tertiary/aromatic N) is 1. The molecule has 14 heavy (non-hydrogen) atoms. The van der Waals surface area contributed by atoms with E-state index in [0.717, 1.165) is 20.3 Å². The highest BCUT2D eigenvalue weighted by Gasteiger charge is 2.08. The third kappa shape index (κ3) is 1.61. The fourth-order valence-electron chi connectivity index (χ4n) is 1.35. The van der Waals surface area contributed by atoms with Gasteiger partial charge in [-0.15, -0.1) is 11.3 Å². The Balaban J connectivity index is 2.61. The van der Waals surface area contributed by atoms with Crippen LogP contribution >= 0.6 is 22.9 Å². The van der Waals surface area contributed by atoms with Gasteiger partial charge in [-0.05, 0) is 30.7 Å². The van der Waals surface area contributed by atoms with E-state index in [4.69, 9.17) is 17.3 Å². The standard InChI is InChI=1S/C10H9ClN2S/c1-6-4-5-13-10(12)9(6)7-2-3-8(11)14-7/h2-5H,1H3,(H2,12,13). The van der Waals surface area contributed by atoms with Crippen molar-refractivity contribution in [3.05, 3.63) is 34.3 Å². The molecule has 0 unspecified atom stereocenters. The van der Waals surface area contributed by atoms with Gasteiger partial charge in [0.1, 0.15) is 5.82 Å². The van der Waals surface area contributed by atoms with Crippen molar-refractivity contribution < 1.29 is 0 Å². The van der Waals surface area contributed by atoms with Gasteiger partial charge in [0.25, 0.3) is 0 Å². The van der Waals surface area contributed by atoms with E-state index in [1.807, 2.05) is 25.1 Å². The molecule has 4 heteroatoms. The van der Waals surface area contributed by atoms with Gasteiger partial charge in [0.05, 0.1) is 4.34 Å². The zero-order chi connectivity index (χ0) is 10.1. The lowest BCUT2D eigenvalue weighted by atomic mass is 10.1. The summed E-state index contributed by atoms with van der Waals surface area (Å²) in [6, 6.07) is 5.78. The molecule has 2 nitrogen and oxygen atoms in total. The van der Waals surface area contributed by atoms with Crippen LogP contribution in [0.4, 0.5) is 5.82 Å². The minimum absolute atomic E-state index is 0.559. The van der Waals surface area contributed by atoms with E-state index in [0.29, 0.717) is 5.82 Å².